The predicted molar refractivity (Wildman–Crippen MR) is 172 cm³/mol. The number of rotatable bonds is 1. The molecule has 2 heterocycles. The summed E-state index contributed by atoms with van der Waals surface area (Å²) in [6, 6.07) is 52.2. The number of fused-ring (bicyclic) bond motifs is 11. The Morgan fingerprint density at radius 3 is 1.72 bits per heavy atom. The highest BCUT2D eigenvalue weighted by Gasteiger charge is 2.51. The van der Waals surface area contributed by atoms with Gasteiger partial charge < -0.3 is 9.47 Å². The molecule has 0 aromatic heterocycles. The van der Waals surface area contributed by atoms with Crippen LogP contribution in [0.25, 0.3) is 44.2 Å². The Hall–Kier alpha value is -5.60. The lowest BCUT2D eigenvalue weighted by Gasteiger charge is -2.39. The molecule has 0 amide bonds. The molecule has 7 aromatic rings. The third kappa shape index (κ3) is 2.88. The first kappa shape index (κ1) is 23.0. The van der Waals surface area contributed by atoms with E-state index in [-0.39, 0.29) is 0 Å². The first-order valence-corrected chi connectivity index (χ1v) is 14.8. The number of hydrogen-bond acceptors (Lipinski definition) is 2. The molecular weight excluding hydrogens is 524 g/mol. The maximum Gasteiger partial charge on any atom is 0.135 e. The van der Waals surface area contributed by atoms with E-state index >= 15 is 0 Å². The van der Waals surface area contributed by atoms with E-state index in [0.29, 0.717) is 0 Å². The number of hydrogen-bond donors (Lipinski definition) is 0. The molecule has 10 rings (SSSR count). The summed E-state index contributed by atoms with van der Waals surface area (Å²) in [5, 5.41) is 2.36. The van der Waals surface area contributed by atoms with Gasteiger partial charge in [-0.15, -0.1) is 0 Å². The molecule has 3 aliphatic rings. The van der Waals surface area contributed by atoms with Crippen molar-refractivity contribution in [3.63, 3.8) is 0 Å². The second-order valence-electron chi connectivity index (χ2n) is 11.6. The molecule has 0 radical (unpaired) electrons. The SMILES string of the molecule is c1ccc2c(c1)Oc1ccc(-c3ccc4c(c3)C3(c5ccccc5Oc5ccccc53)c3ccccc3-4)c3cccc-2c13. The smallest absolute Gasteiger partial charge is 0.135 e. The van der Waals surface area contributed by atoms with Crippen molar-refractivity contribution in [2.24, 2.45) is 0 Å². The standard InChI is InChI=1S/C41H24O2/c1-3-14-32-27(10-1)28-21-20-25(24-35(28)41(32)33-15-4-7-18-37(33)43-38-19-8-5-16-34(38)41)26-22-23-39-40-30(26)12-9-13-31(40)29-11-2-6-17-36(29)42-39/h1-24H. The van der Waals surface area contributed by atoms with Crippen LogP contribution in [0.1, 0.15) is 22.3 Å². The Bertz CT molecular complexity index is 2270. The first-order chi connectivity index (χ1) is 21.3. The summed E-state index contributed by atoms with van der Waals surface area (Å²) < 4.78 is 12.9. The Labute approximate surface area is 249 Å². The summed E-state index contributed by atoms with van der Waals surface area (Å²) in [7, 11) is 0. The van der Waals surface area contributed by atoms with E-state index in [1.807, 2.05) is 12.1 Å². The molecule has 0 fully saturated rings. The Balaban J connectivity index is 1.28. The molecule has 43 heavy (non-hydrogen) atoms. The lowest BCUT2D eigenvalue weighted by Crippen LogP contribution is -2.32. The highest BCUT2D eigenvalue weighted by Crippen LogP contribution is 2.62. The van der Waals surface area contributed by atoms with Gasteiger partial charge in [-0.3, -0.25) is 0 Å². The van der Waals surface area contributed by atoms with E-state index in [1.165, 1.54) is 60.8 Å². The zero-order valence-electron chi connectivity index (χ0n) is 23.2. The third-order valence-electron chi connectivity index (χ3n) is 9.56. The monoisotopic (exact) mass is 548 g/mol. The van der Waals surface area contributed by atoms with E-state index in [4.69, 9.17) is 9.47 Å². The van der Waals surface area contributed by atoms with E-state index in [1.54, 1.807) is 0 Å². The van der Waals surface area contributed by atoms with Gasteiger partial charge in [0.2, 0.25) is 0 Å². The minimum atomic E-state index is -0.484. The maximum atomic E-state index is 6.53. The van der Waals surface area contributed by atoms with Crippen molar-refractivity contribution in [1.82, 2.24) is 0 Å². The zero-order valence-corrected chi connectivity index (χ0v) is 23.2. The largest absolute Gasteiger partial charge is 0.457 e. The minimum Gasteiger partial charge on any atom is -0.457 e. The molecule has 2 heteroatoms. The molecule has 0 N–H and O–H groups in total. The zero-order chi connectivity index (χ0) is 28.1. The molecule has 1 aliphatic carbocycles. The van der Waals surface area contributed by atoms with Crippen molar-refractivity contribution in [3.8, 4) is 56.4 Å². The van der Waals surface area contributed by atoms with Gasteiger partial charge in [-0.05, 0) is 74.7 Å². The lowest BCUT2D eigenvalue weighted by molar-refractivity contribution is 0.436. The Morgan fingerprint density at radius 1 is 0.349 bits per heavy atom. The fourth-order valence-corrected chi connectivity index (χ4v) is 7.85. The fourth-order valence-electron chi connectivity index (χ4n) is 7.85. The molecule has 1 spiro atoms. The van der Waals surface area contributed by atoms with Crippen molar-refractivity contribution in [2.45, 2.75) is 5.41 Å². The van der Waals surface area contributed by atoms with Crippen molar-refractivity contribution < 1.29 is 9.47 Å². The average molecular weight is 549 g/mol. The predicted octanol–water partition coefficient (Wildman–Crippen LogP) is 10.7. The second kappa shape index (κ2) is 8.24. The molecule has 2 aliphatic heterocycles. The van der Waals surface area contributed by atoms with Crippen molar-refractivity contribution in [1.29, 1.82) is 0 Å². The van der Waals surface area contributed by atoms with Crippen LogP contribution in [0, 0.1) is 0 Å². The highest BCUT2D eigenvalue weighted by molar-refractivity contribution is 6.10. The van der Waals surface area contributed by atoms with Crippen LogP contribution in [-0.4, -0.2) is 0 Å². The van der Waals surface area contributed by atoms with Crippen LogP contribution in [0.2, 0.25) is 0 Å². The van der Waals surface area contributed by atoms with E-state index in [9.17, 15) is 0 Å². The summed E-state index contributed by atoms with van der Waals surface area (Å²) in [6.07, 6.45) is 0. The van der Waals surface area contributed by atoms with Gasteiger partial charge in [0.05, 0.1) is 5.41 Å². The molecule has 0 atom stereocenters. The van der Waals surface area contributed by atoms with Crippen molar-refractivity contribution in [3.05, 3.63) is 168 Å². The van der Waals surface area contributed by atoms with Gasteiger partial charge in [0.25, 0.3) is 0 Å². The van der Waals surface area contributed by atoms with E-state index in [0.717, 1.165) is 28.6 Å². The Kier molecular flexibility index (Phi) is 4.41. The van der Waals surface area contributed by atoms with Crippen LogP contribution in [0.15, 0.2) is 146 Å². The van der Waals surface area contributed by atoms with Crippen LogP contribution < -0.4 is 9.47 Å². The number of para-hydroxylation sites is 3. The average Bonchev–Trinajstić information content (AvgIpc) is 3.35. The molecule has 0 saturated carbocycles. The molecular formula is C41H24O2. The summed E-state index contributed by atoms with van der Waals surface area (Å²) in [5.74, 6) is 3.63. The number of benzene rings is 7. The van der Waals surface area contributed by atoms with Gasteiger partial charge in [0.15, 0.2) is 0 Å². The first-order valence-electron chi connectivity index (χ1n) is 14.8. The van der Waals surface area contributed by atoms with Crippen molar-refractivity contribution >= 4 is 10.8 Å². The van der Waals surface area contributed by atoms with Gasteiger partial charge in [0.1, 0.15) is 23.0 Å². The Morgan fingerprint density at radius 2 is 0.930 bits per heavy atom. The van der Waals surface area contributed by atoms with Crippen LogP contribution >= 0.6 is 0 Å². The number of ether oxygens (including phenoxy) is 2. The maximum absolute atomic E-state index is 6.53. The summed E-state index contributed by atoms with van der Waals surface area (Å²) >= 11 is 0. The molecule has 2 nitrogen and oxygen atoms in total. The molecule has 0 bridgehead atoms. The van der Waals surface area contributed by atoms with Crippen LogP contribution in [0.5, 0.6) is 23.0 Å². The fraction of sp³-hybridized carbons (Fsp3) is 0.0244. The molecule has 7 aromatic carbocycles. The summed E-state index contributed by atoms with van der Waals surface area (Å²) in [4.78, 5) is 0. The van der Waals surface area contributed by atoms with Gasteiger partial charge in [-0.1, -0.05) is 115 Å². The van der Waals surface area contributed by atoms with E-state index in [2.05, 4.69) is 133 Å². The second-order valence-corrected chi connectivity index (χ2v) is 11.6. The summed E-state index contributed by atoms with van der Waals surface area (Å²) in [5.41, 5.74) is 11.7. The topological polar surface area (TPSA) is 18.5 Å². The quantitative estimate of drug-likeness (QED) is 0.203. The normalized spacial score (nSPS) is 14.1. The van der Waals surface area contributed by atoms with Gasteiger partial charge in [-0.2, -0.15) is 0 Å². The highest BCUT2D eigenvalue weighted by atomic mass is 16.5. The lowest BCUT2D eigenvalue weighted by atomic mass is 9.66. The molecule has 0 unspecified atom stereocenters. The third-order valence-corrected chi connectivity index (χ3v) is 9.56. The van der Waals surface area contributed by atoms with Gasteiger partial charge >= 0.3 is 0 Å². The summed E-state index contributed by atoms with van der Waals surface area (Å²) in [6.45, 7) is 0. The van der Waals surface area contributed by atoms with E-state index < -0.39 is 5.41 Å². The molecule has 0 saturated heterocycles. The molecule has 200 valence electrons. The minimum absolute atomic E-state index is 0.484. The van der Waals surface area contributed by atoms with Crippen molar-refractivity contribution in [2.75, 3.05) is 0 Å². The van der Waals surface area contributed by atoms with Crippen LogP contribution in [-0.2, 0) is 5.41 Å². The van der Waals surface area contributed by atoms with Crippen LogP contribution in [0.4, 0.5) is 0 Å². The van der Waals surface area contributed by atoms with Gasteiger partial charge in [-0.25, -0.2) is 0 Å². The van der Waals surface area contributed by atoms with Gasteiger partial charge in [0, 0.05) is 22.1 Å². The van der Waals surface area contributed by atoms with Crippen LogP contribution in [0.3, 0.4) is 0 Å².